The first kappa shape index (κ1) is 15.7. The third-order valence-electron chi connectivity index (χ3n) is 3.02. The van der Waals surface area contributed by atoms with Crippen molar-refractivity contribution in [2.75, 3.05) is 12.3 Å². The molecule has 0 bridgehead atoms. The Kier molecular flexibility index (Phi) is 5.47. The lowest BCUT2D eigenvalue weighted by molar-refractivity contribution is -0.122. The van der Waals surface area contributed by atoms with Crippen molar-refractivity contribution in [1.82, 2.24) is 5.32 Å². The monoisotopic (exact) mass is 305 g/mol. The second-order valence-corrected chi connectivity index (χ2v) is 6.11. The van der Waals surface area contributed by atoms with Crippen LogP contribution in [0, 0.1) is 0 Å². The Morgan fingerprint density at radius 2 is 2.05 bits per heavy atom. The van der Waals surface area contributed by atoms with Crippen molar-refractivity contribution in [2.24, 2.45) is 0 Å². The van der Waals surface area contributed by atoms with E-state index >= 15 is 0 Å². The first-order valence-corrected chi connectivity index (χ1v) is 7.77. The van der Waals surface area contributed by atoms with E-state index < -0.39 is 5.60 Å². The summed E-state index contributed by atoms with van der Waals surface area (Å²) in [6, 6.07) is 13.4. The fourth-order valence-electron chi connectivity index (χ4n) is 1.81. The van der Waals surface area contributed by atoms with Gasteiger partial charge in [-0.2, -0.15) is 0 Å². The van der Waals surface area contributed by atoms with E-state index in [4.69, 9.17) is 4.42 Å². The minimum absolute atomic E-state index is 0.0785. The van der Waals surface area contributed by atoms with Crippen molar-refractivity contribution in [3.63, 3.8) is 0 Å². The smallest absolute Gasteiger partial charge is 0.220 e. The molecule has 1 unspecified atom stereocenters. The number of aliphatic hydroxyl groups is 1. The Bertz CT molecular complexity index is 552. The van der Waals surface area contributed by atoms with Crippen molar-refractivity contribution in [3.05, 3.63) is 54.5 Å². The van der Waals surface area contributed by atoms with Crippen LogP contribution in [-0.2, 0) is 10.4 Å². The molecule has 1 amide bonds. The Hall–Kier alpha value is -1.72. The van der Waals surface area contributed by atoms with Crippen LogP contribution < -0.4 is 5.32 Å². The molecule has 0 saturated carbocycles. The quantitative estimate of drug-likeness (QED) is 0.772. The van der Waals surface area contributed by atoms with Gasteiger partial charge in [0.2, 0.25) is 5.91 Å². The van der Waals surface area contributed by atoms with Crippen LogP contribution in [0.5, 0.6) is 0 Å². The summed E-state index contributed by atoms with van der Waals surface area (Å²) in [6.07, 6.45) is 1.91. The number of amides is 1. The van der Waals surface area contributed by atoms with E-state index in [2.05, 4.69) is 5.32 Å². The highest BCUT2D eigenvalue weighted by Gasteiger charge is 2.26. The number of benzene rings is 1. The van der Waals surface area contributed by atoms with E-state index in [1.807, 2.05) is 30.3 Å². The highest BCUT2D eigenvalue weighted by atomic mass is 32.2. The van der Waals surface area contributed by atoms with Crippen LogP contribution >= 0.6 is 11.8 Å². The van der Waals surface area contributed by atoms with E-state index in [0.29, 0.717) is 17.9 Å². The van der Waals surface area contributed by atoms with Gasteiger partial charge in [-0.15, -0.1) is 11.8 Å². The van der Waals surface area contributed by atoms with Crippen molar-refractivity contribution in [3.8, 4) is 0 Å². The van der Waals surface area contributed by atoms with Gasteiger partial charge < -0.3 is 14.8 Å². The number of rotatable bonds is 7. The van der Waals surface area contributed by atoms with Crippen LogP contribution in [0.25, 0.3) is 0 Å². The summed E-state index contributed by atoms with van der Waals surface area (Å²) in [5.41, 5.74) is -1.19. The van der Waals surface area contributed by atoms with E-state index in [1.54, 1.807) is 30.8 Å². The van der Waals surface area contributed by atoms with Crippen molar-refractivity contribution < 1.29 is 14.3 Å². The maximum absolute atomic E-state index is 11.8. The van der Waals surface area contributed by atoms with Gasteiger partial charge in [-0.3, -0.25) is 4.79 Å². The third kappa shape index (κ3) is 4.95. The molecular weight excluding hydrogens is 286 g/mol. The number of carbonyl (C=O) groups excluding carboxylic acids is 1. The summed E-state index contributed by atoms with van der Waals surface area (Å²) >= 11 is 1.64. The number of hydrogen-bond acceptors (Lipinski definition) is 4. The zero-order chi connectivity index (χ0) is 15.1. The van der Waals surface area contributed by atoms with Crippen molar-refractivity contribution in [2.45, 2.75) is 23.8 Å². The van der Waals surface area contributed by atoms with Gasteiger partial charge >= 0.3 is 0 Å². The molecule has 0 radical (unpaired) electrons. The minimum Gasteiger partial charge on any atom is -0.466 e. The van der Waals surface area contributed by atoms with E-state index in [1.165, 1.54) is 6.26 Å². The molecule has 1 aromatic heterocycles. The topological polar surface area (TPSA) is 62.5 Å². The molecule has 2 aromatic rings. The molecule has 0 fully saturated rings. The molecule has 1 aromatic carbocycles. The number of hydrogen-bond donors (Lipinski definition) is 2. The lowest BCUT2D eigenvalue weighted by Gasteiger charge is -2.21. The second-order valence-electron chi connectivity index (χ2n) is 4.94. The largest absolute Gasteiger partial charge is 0.466 e. The summed E-state index contributed by atoms with van der Waals surface area (Å²) in [4.78, 5) is 12.9. The minimum atomic E-state index is -1.19. The molecule has 5 heteroatoms. The Labute approximate surface area is 128 Å². The van der Waals surface area contributed by atoms with Crippen LogP contribution in [0.4, 0.5) is 0 Å². The maximum atomic E-state index is 11.8. The highest BCUT2D eigenvalue weighted by molar-refractivity contribution is 7.99. The lowest BCUT2D eigenvalue weighted by atomic mass is 10.0. The zero-order valence-corrected chi connectivity index (χ0v) is 12.7. The normalized spacial score (nSPS) is 13.6. The zero-order valence-electron chi connectivity index (χ0n) is 11.9. The standard InChI is InChI=1S/C16H19NO3S/c1-16(19,14-8-5-10-20-14)12-17-15(18)9-11-21-13-6-3-2-4-7-13/h2-8,10,19H,9,11-12H2,1H3,(H,17,18). The van der Waals surface area contributed by atoms with Gasteiger partial charge in [0.25, 0.3) is 0 Å². The number of nitrogens with one attached hydrogen (secondary N) is 1. The average molecular weight is 305 g/mol. The molecule has 2 N–H and O–H groups in total. The molecule has 0 aliphatic carbocycles. The maximum Gasteiger partial charge on any atom is 0.220 e. The average Bonchev–Trinajstić information content (AvgIpc) is 3.01. The molecule has 0 spiro atoms. The molecule has 0 saturated heterocycles. The predicted octanol–water partition coefficient (Wildman–Crippen LogP) is 2.79. The molecule has 0 aliphatic heterocycles. The van der Waals surface area contributed by atoms with E-state index in [-0.39, 0.29) is 12.5 Å². The molecule has 21 heavy (non-hydrogen) atoms. The van der Waals surface area contributed by atoms with Gasteiger partial charge in [-0.25, -0.2) is 0 Å². The van der Waals surface area contributed by atoms with Crippen LogP contribution in [0.1, 0.15) is 19.1 Å². The molecule has 0 aliphatic rings. The Balaban J connectivity index is 1.70. The number of carbonyl (C=O) groups is 1. The summed E-state index contributed by atoms with van der Waals surface area (Å²) in [5.74, 6) is 1.07. The highest BCUT2D eigenvalue weighted by Crippen LogP contribution is 2.20. The van der Waals surface area contributed by atoms with Gasteiger partial charge in [-0.05, 0) is 31.2 Å². The molecular formula is C16H19NO3S. The van der Waals surface area contributed by atoms with E-state index in [9.17, 15) is 9.90 Å². The van der Waals surface area contributed by atoms with Crippen LogP contribution in [0.15, 0.2) is 58.0 Å². The number of furan rings is 1. The molecule has 1 atom stereocenters. The summed E-state index contributed by atoms with van der Waals surface area (Å²) < 4.78 is 5.16. The van der Waals surface area contributed by atoms with Crippen LogP contribution in [0.3, 0.4) is 0 Å². The predicted molar refractivity (Wildman–Crippen MR) is 83.1 cm³/mol. The van der Waals surface area contributed by atoms with Gasteiger partial charge in [0.15, 0.2) is 0 Å². The molecule has 112 valence electrons. The first-order valence-electron chi connectivity index (χ1n) is 6.79. The van der Waals surface area contributed by atoms with Crippen molar-refractivity contribution >= 4 is 17.7 Å². The molecule has 2 rings (SSSR count). The molecule has 1 heterocycles. The van der Waals surface area contributed by atoms with Crippen LogP contribution in [-0.4, -0.2) is 23.3 Å². The Morgan fingerprint density at radius 3 is 2.71 bits per heavy atom. The van der Waals surface area contributed by atoms with Gasteiger partial charge in [0.05, 0.1) is 12.8 Å². The SMILES string of the molecule is CC(O)(CNC(=O)CCSc1ccccc1)c1ccco1. The summed E-state index contributed by atoms with van der Waals surface area (Å²) in [6.45, 7) is 1.75. The van der Waals surface area contributed by atoms with Crippen molar-refractivity contribution in [1.29, 1.82) is 0 Å². The third-order valence-corrected chi connectivity index (χ3v) is 4.04. The van der Waals surface area contributed by atoms with Gasteiger partial charge in [0, 0.05) is 17.1 Å². The fraction of sp³-hybridized carbons (Fsp3) is 0.312. The fourth-order valence-corrected chi connectivity index (χ4v) is 2.68. The van der Waals surface area contributed by atoms with E-state index in [0.717, 1.165) is 4.90 Å². The lowest BCUT2D eigenvalue weighted by Crippen LogP contribution is -2.38. The molecule has 4 nitrogen and oxygen atoms in total. The Morgan fingerprint density at radius 1 is 1.29 bits per heavy atom. The van der Waals surface area contributed by atoms with Gasteiger partial charge in [-0.1, -0.05) is 18.2 Å². The second kappa shape index (κ2) is 7.33. The summed E-state index contributed by atoms with van der Waals surface area (Å²) in [5, 5.41) is 12.9. The summed E-state index contributed by atoms with van der Waals surface area (Å²) in [7, 11) is 0. The van der Waals surface area contributed by atoms with Gasteiger partial charge in [0.1, 0.15) is 11.4 Å². The van der Waals surface area contributed by atoms with Crippen LogP contribution in [0.2, 0.25) is 0 Å². The number of thioether (sulfide) groups is 1. The first-order chi connectivity index (χ1) is 10.1.